The van der Waals surface area contributed by atoms with Crippen molar-refractivity contribution in [2.24, 2.45) is 0 Å². The van der Waals surface area contributed by atoms with Crippen LogP contribution in [0.2, 0.25) is 0 Å². The first-order valence-corrected chi connectivity index (χ1v) is 9.77. The molecule has 0 saturated carbocycles. The van der Waals surface area contributed by atoms with Gasteiger partial charge in [-0.2, -0.15) is 0 Å². The van der Waals surface area contributed by atoms with Crippen molar-refractivity contribution in [1.82, 2.24) is 14.9 Å². The fraction of sp³-hybridized carbons (Fsp3) is 0.167. The second-order valence-electron chi connectivity index (χ2n) is 7.01. The van der Waals surface area contributed by atoms with Crippen LogP contribution in [0.5, 0.6) is 5.75 Å². The number of amides is 2. The Balaban J connectivity index is 1.47. The predicted octanol–water partition coefficient (Wildman–Crippen LogP) is 3.47. The van der Waals surface area contributed by atoms with Crippen molar-refractivity contribution in [3.8, 4) is 5.75 Å². The number of hydrogen-bond donors (Lipinski definition) is 1. The van der Waals surface area contributed by atoms with Crippen molar-refractivity contribution < 1.29 is 14.3 Å². The summed E-state index contributed by atoms with van der Waals surface area (Å²) in [7, 11) is 1.57. The maximum atomic E-state index is 12.3. The SMILES string of the molecule is Cc1ccnc(NC(=O)CN(C)C(=O)/C=C/c2ccc(OCc3cccnc3)cc2)c1. The van der Waals surface area contributed by atoms with Crippen LogP contribution in [-0.4, -0.2) is 40.3 Å². The molecule has 3 aromatic rings. The third-order valence-electron chi connectivity index (χ3n) is 4.37. The number of likely N-dealkylation sites (N-methyl/N-ethyl adjacent to an activating group) is 1. The molecule has 0 unspecified atom stereocenters. The molecule has 7 heteroatoms. The first-order valence-electron chi connectivity index (χ1n) is 9.77. The number of hydrogen-bond acceptors (Lipinski definition) is 5. The molecule has 0 radical (unpaired) electrons. The van der Waals surface area contributed by atoms with Crippen LogP contribution in [0.1, 0.15) is 16.7 Å². The summed E-state index contributed by atoms with van der Waals surface area (Å²) in [5.41, 5.74) is 2.83. The first kappa shape index (κ1) is 21.7. The van der Waals surface area contributed by atoms with E-state index >= 15 is 0 Å². The minimum absolute atomic E-state index is 0.0695. The van der Waals surface area contributed by atoms with Crippen LogP contribution in [0.3, 0.4) is 0 Å². The van der Waals surface area contributed by atoms with E-state index in [1.165, 1.54) is 11.0 Å². The lowest BCUT2D eigenvalue weighted by molar-refractivity contribution is -0.129. The molecule has 0 saturated heterocycles. The Hall–Kier alpha value is -4.00. The number of nitrogens with zero attached hydrogens (tertiary/aromatic N) is 3. The van der Waals surface area contributed by atoms with Crippen LogP contribution in [0.25, 0.3) is 6.08 Å². The summed E-state index contributed by atoms with van der Waals surface area (Å²) < 4.78 is 5.72. The van der Waals surface area contributed by atoms with Crippen LogP contribution < -0.4 is 10.1 Å². The maximum Gasteiger partial charge on any atom is 0.246 e. The van der Waals surface area contributed by atoms with Gasteiger partial charge in [-0.25, -0.2) is 4.98 Å². The van der Waals surface area contributed by atoms with Crippen molar-refractivity contribution in [1.29, 1.82) is 0 Å². The van der Waals surface area contributed by atoms with Crippen LogP contribution >= 0.6 is 0 Å². The molecule has 7 nitrogen and oxygen atoms in total. The highest BCUT2D eigenvalue weighted by atomic mass is 16.5. The normalized spacial score (nSPS) is 10.6. The van der Waals surface area contributed by atoms with Crippen molar-refractivity contribution in [2.45, 2.75) is 13.5 Å². The van der Waals surface area contributed by atoms with Gasteiger partial charge in [0.05, 0.1) is 6.54 Å². The molecule has 0 spiro atoms. The summed E-state index contributed by atoms with van der Waals surface area (Å²) in [6.07, 6.45) is 8.24. The standard InChI is InChI=1S/C24H24N4O3/c1-18-11-13-26-22(14-18)27-23(29)16-28(2)24(30)10-7-19-5-8-21(9-6-19)31-17-20-4-3-12-25-15-20/h3-15H,16-17H2,1-2H3,(H,26,27,29)/b10-7+. The van der Waals surface area contributed by atoms with E-state index in [-0.39, 0.29) is 18.4 Å². The molecular weight excluding hydrogens is 392 g/mol. The number of nitrogens with one attached hydrogen (secondary N) is 1. The lowest BCUT2D eigenvalue weighted by atomic mass is 10.2. The minimum atomic E-state index is -0.308. The number of pyridine rings is 2. The molecule has 0 aliphatic carbocycles. The van der Waals surface area contributed by atoms with Crippen molar-refractivity contribution >= 4 is 23.7 Å². The summed E-state index contributed by atoms with van der Waals surface area (Å²) in [5, 5.41) is 2.69. The molecule has 0 atom stereocenters. The zero-order valence-electron chi connectivity index (χ0n) is 17.5. The van der Waals surface area contributed by atoms with E-state index in [2.05, 4.69) is 15.3 Å². The van der Waals surface area contributed by atoms with Gasteiger partial charge in [0.15, 0.2) is 0 Å². The quantitative estimate of drug-likeness (QED) is 0.569. The van der Waals surface area contributed by atoms with Gasteiger partial charge in [-0.1, -0.05) is 18.2 Å². The molecule has 1 N–H and O–H groups in total. The Kier molecular flexibility index (Phi) is 7.48. The highest BCUT2D eigenvalue weighted by Gasteiger charge is 2.11. The Morgan fingerprint density at radius 3 is 2.65 bits per heavy atom. The lowest BCUT2D eigenvalue weighted by Gasteiger charge is -2.14. The highest BCUT2D eigenvalue weighted by Crippen LogP contribution is 2.15. The minimum Gasteiger partial charge on any atom is -0.489 e. The Morgan fingerprint density at radius 1 is 1.13 bits per heavy atom. The summed E-state index contributed by atoms with van der Waals surface area (Å²) in [4.78, 5) is 33.9. The van der Waals surface area contributed by atoms with Crippen LogP contribution in [0, 0.1) is 6.92 Å². The van der Waals surface area contributed by atoms with Crippen LogP contribution in [0.4, 0.5) is 5.82 Å². The third-order valence-corrected chi connectivity index (χ3v) is 4.37. The highest BCUT2D eigenvalue weighted by molar-refractivity contribution is 5.97. The van der Waals surface area contributed by atoms with Gasteiger partial charge < -0.3 is 15.0 Å². The van der Waals surface area contributed by atoms with E-state index in [1.807, 2.05) is 49.4 Å². The van der Waals surface area contributed by atoms with E-state index in [1.54, 1.807) is 37.8 Å². The van der Waals surface area contributed by atoms with Gasteiger partial charge in [-0.05, 0) is 54.5 Å². The number of rotatable bonds is 8. The Morgan fingerprint density at radius 2 is 1.94 bits per heavy atom. The number of ether oxygens (including phenoxy) is 1. The molecule has 158 valence electrons. The Labute approximate surface area is 181 Å². The molecule has 0 bridgehead atoms. The van der Waals surface area contributed by atoms with Gasteiger partial charge in [0.25, 0.3) is 0 Å². The van der Waals surface area contributed by atoms with Gasteiger partial charge in [-0.15, -0.1) is 0 Å². The molecule has 2 amide bonds. The number of aromatic nitrogens is 2. The zero-order chi connectivity index (χ0) is 22.1. The van der Waals surface area contributed by atoms with E-state index in [0.717, 1.165) is 22.4 Å². The van der Waals surface area contributed by atoms with E-state index in [9.17, 15) is 9.59 Å². The number of benzene rings is 1. The summed E-state index contributed by atoms with van der Waals surface area (Å²) in [6, 6.07) is 14.8. The fourth-order valence-corrected chi connectivity index (χ4v) is 2.70. The summed E-state index contributed by atoms with van der Waals surface area (Å²) >= 11 is 0. The molecule has 2 aromatic heterocycles. The molecule has 1 aromatic carbocycles. The topological polar surface area (TPSA) is 84.4 Å². The summed E-state index contributed by atoms with van der Waals surface area (Å²) in [6.45, 7) is 2.28. The van der Waals surface area contributed by atoms with Gasteiger partial charge >= 0.3 is 0 Å². The number of anilines is 1. The molecule has 2 heterocycles. The summed E-state index contributed by atoms with van der Waals surface area (Å²) in [5.74, 6) is 0.611. The average molecular weight is 416 g/mol. The van der Waals surface area contributed by atoms with Crippen molar-refractivity contribution in [2.75, 3.05) is 18.9 Å². The number of aryl methyl sites for hydroxylation is 1. The number of carbonyl (C=O) groups is 2. The molecular formula is C24H24N4O3. The smallest absolute Gasteiger partial charge is 0.246 e. The largest absolute Gasteiger partial charge is 0.489 e. The lowest BCUT2D eigenvalue weighted by Crippen LogP contribution is -2.34. The van der Waals surface area contributed by atoms with Gasteiger partial charge in [0.2, 0.25) is 11.8 Å². The van der Waals surface area contributed by atoms with E-state index in [4.69, 9.17) is 4.74 Å². The Bertz CT molecular complexity index is 1050. The number of carbonyl (C=O) groups excluding carboxylic acids is 2. The maximum absolute atomic E-state index is 12.3. The molecule has 3 rings (SSSR count). The molecule has 0 fully saturated rings. The third kappa shape index (κ3) is 7.08. The molecule has 0 aliphatic heterocycles. The van der Waals surface area contributed by atoms with Crippen LogP contribution in [0.15, 0.2) is 73.2 Å². The average Bonchev–Trinajstić information content (AvgIpc) is 2.77. The van der Waals surface area contributed by atoms with Crippen molar-refractivity contribution in [3.05, 3.63) is 89.9 Å². The van der Waals surface area contributed by atoms with Gasteiger partial charge in [0, 0.05) is 37.3 Å². The molecule has 0 aliphatic rings. The van der Waals surface area contributed by atoms with Crippen LogP contribution in [-0.2, 0) is 16.2 Å². The first-order chi connectivity index (χ1) is 15.0. The monoisotopic (exact) mass is 416 g/mol. The van der Waals surface area contributed by atoms with E-state index in [0.29, 0.717) is 12.4 Å². The second kappa shape index (κ2) is 10.7. The van der Waals surface area contributed by atoms with Gasteiger partial charge in [0.1, 0.15) is 18.2 Å². The second-order valence-corrected chi connectivity index (χ2v) is 7.01. The molecule has 31 heavy (non-hydrogen) atoms. The predicted molar refractivity (Wildman–Crippen MR) is 119 cm³/mol. The van der Waals surface area contributed by atoms with Gasteiger partial charge in [-0.3, -0.25) is 14.6 Å². The zero-order valence-corrected chi connectivity index (χ0v) is 17.5. The fourth-order valence-electron chi connectivity index (χ4n) is 2.70. The van der Waals surface area contributed by atoms with Crippen molar-refractivity contribution in [3.63, 3.8) is 0 Å². The van der Waals surface area contributed by atoms with E-state index < -0.39 is 0 Å².